The highest BCUT2D eigenvalue weighted by Gasteiger charge is 2.65. The average molecular weight is 578 g/mol. The molecule has 0 amide bonds. The van der Waals surface area contributed by atoms with Gasteiger partial charge >= 0.3 is 41.8 Å². The van der Waals surface area contributed by atoms with Gasteiger partial charge in [0, 0.05) is 42.5 Å². The number of aliphatic hydroxyl groups is 1. The van der Waals surface area contributed by atoms with Crippen LogP contribution in [0.15, 0.2) is 86.6 Å². The minimum absolute atomic E-state index is 0.296. The monoisotopic (exact) mass is 578 g/mol. The van der Waals surface area contributed by atoms with E-state index >= 15 is 0 Å². The van der Waals surface area contributed by atoms with Gasteiger partial charge in [-0.25, -0.2) is 33.6 Å². The lowest BCUT2D eigenvalue weighted by Gasteiger charge is -2.52. The van der Waals surface area contributed by atoms with Gasteiger partial charge < -0.3 is 39.7 Å². The molecule has 0 aromatic heterocycles. The maximum atomic E-state index is 12.6. The summed E-state index contributed by atoms with van der Waals surface area (Å²) in [5.74, 6) is -11.0. The van der Waals surface area contributed by atoms with Crippen molar-refractivity contribution in [2.24, 2.45) is 5.41 Å². The third-order valence-electron chi connectivity index (χ3n) is 5.16. The molecule has 0 saturated carbocycles. The van der Waals surface area contributed by atoms with Crippen molar-refractivity contribution in [3.8, 4) is 0 Å². The Kier molecular flexibility index (Phi) is 13.6. The normalized spacial score (nSPS) is 15.7. The molecule has 0 aliphatic rings. The fourth-order valence-electron chi connectivity index (χ4n) is 3.35. The predicted molar refractivity (Wildman–Crippen MR) is 136 cm³/mol. The molecule has 41 heavy (non-hydrogen) atoms. The Hall–Kier alpha value is -5.57. The molecule has 0 rings (SSSR count). The molecule has 0 fully saturated rings. The van der Waals surface area contributed by atoms with Gasteiger partial charge in [0.1, 0.15) is 12.0 Å². The van der Waals surface area contributed by atoms with Gasteiger partial charge in [0.25, 0.3) is 0 Å². The number of aliphatic hydroxyl groups excluding tert-OH is 1. The van der Waals surface area contributed by atoms with E-state index in [1.165, 1.54) is 0 Å². The molecule has 0 bridgehead atoms. The molecule has 220 valence electrons. The number of hydrogen-bond donors (Lipinski definition) is 5. The molecule has 0 atom stereocenters. The van der Waals surface area contributed by atoms with Crippen molar-refractivity contribution in [3.63, 3.8) is 0 Å². The minimum atomic E-state index is -2.97. The van der Waals surface area contributed by atoms with E-state index in [-0.39, 0.29) is 0 Å². The molecule has 0 aromatic rings. The highest BCUT2D eigenvalue weighted by Crippen LogP contribution is 2.50. The van der Waals surface area contributed by atoms with Crippen LogP contribution in [0, 0.1) is 5.41 Å². The average Bonchev–Trinajstić information content (AvgIpc) is 2.91. The first-order chi connectivity index (χ1) is 19.1. The fourth-order valence-corrected chi connectivity index (χ4v) is 3.35. The molecular formula is C26H26O15. The SMILES string of the molecule is C=CC(=O)OCC(CO)(C(C=CC(=O)O)(C=CC(=O)O)OC(=O)C=C)C(C=CC(=O)O)(C=CC(=O)O)OC(=O)C=C. The number of esters is 3. The zero-order valence-corrected chi connectivity index (χ0v) is 21.2. The van der Waals surface area contributed by atoms with Gasteiger partial charge in [-0.1, -0.05) is 19.7 Å². The Bertz CT molecular complexity index is 1090. The fraction of sp³-hybridized carbons (Fsp3) is 0.192. The Labute approximate surface area is 231 Å². The summed E-state index contributed by atoms with van der Waals surface area (Å²) in [7, 11) is 0. The van der Waals surface area contributed by atoms with Crippen molar-refractivity contribution in [1.82, 2.24) is 0 Å². The van der Waals surface area contributed by atoms with Gasteiger partial charge in [-0.15, -0.1) is 0 Å². The molecule has 5 N–H and O–H groups in total. The first-order valence-electron chi connectivity index (χ1n) is 10.9. The zero-order valence-electron chi connectivity index (χ0n) is 21.2. The molecule has 0 saturated heterocycles. The van der Waals surface area contributed by atoms with Gasteiger partial charge in [0.05, 0.1) is 6.61 Å². The van der Waals surface area contributed by atoms with E-state index in [4.69, 9.17) is 14.2 Å². The summed E-state index contributed by atoms with van der Waals surface area (Å²) in [6, 6.07) is 0. The van der Waals surface area contributed by atoms with Gasteiger partial charge in [0.2, 0.25) is 0 Å². The molecule has 15 nitrogen and oxygen atoms in total. The molecule has 0 aromatic carbocycles. The molecule has 0 aliphatic heterocycles. The summed E-state index contributed by atoms with van der Waals surface area (Å²) >= 11 is 0. The molecule has 0 heterocycles. The van der Waals surface area contributed by atoms with Gasteiger partial charge in [-0.05, 0) is 24.3 Å². The van der Waals surface area contributed by atoms with Gasteiger partial charge in [-0.2, -0.15) is 0 Å². The summed E-state index contributed by atoms with van der Waals surface area (Å²) in [5, 5.41) is 48.3. The summed E-state index contributed by atoms with van der Waals surface area (Å²) < 4.78 is 15.7. The van der Waals surface area contributed by atoms with Crippen LogP contribution < -0.4 is 0 Å². The maximum absolute atomic E-state index is 12.6. The quantitative estimate of drug-likeness (QED) is 0.0827. The minimum Gasteiger partial charge on any atom is -0.478 e. The van der Waals surface area contributed by atoms with E-state index in [1.807, 2.05) is 0 Å². The van der Waals surface area contributed by atoms with Crippen LogP contribution in [0.1, 0.15) is 0 Å². The number of ether oxygens (including phenoxy) is 3. The molecule has 0 unspecified atom stereocenters. The number of rotatable bonds is 18. The largest absolute Gasteiger partial charge is 0.478 e. The second kappa shape index (κ2) is 15.7. The number of carbonyl (C=O) groups is 7. The van der Waals surface area contributed by atoms with Crippen LogP contribution in [0.4, 0.5) is 0 Å². The van der Waals surface area contributed by atoms with Crippen LogP contribution in [0.5, 0.6) is 0 Å². The summed E-state index contributed by atoms with van der Waals surface area (Å²) in [4.78, 5) is 83.4. The van der Waals surface area contributed by atoms with Crippen LogP contribution >= 0.6 is 0 Å². The molecule has 0 aliphatic carbocycles. The Morgan fingerprint density at radius 1 is 0.561 bits per heavy atom. The lowest BCUT2D eigenvalue weighted by Crippen LogP contribution is -2.66. The van der Waals surface area contributed by atoms with Crippen molar-refractivity contribution >= 4 is 41.8 Å². The number of aliphatic carboxylic acids is 4. The number of carboxylic acids is 4. The summed E-state index contributed by atoms with van der Waals surface area (Å²) in [5.41, 5.74) is -8.86. The van der Waals surface area contributed by atoms with E-state index in [1.54, 1.807) is 0 Å². The predicted octanol–water partition coefficient (Wildman–Crippen LogP) is 0.194. The second-order valence-electron chi connectivity index (χ2n) is 7.57. The molecule has 0 radical (unpaired) electrons. The third-order valence-corrected chi connectivity index (χ3v) is 5.16. The highest BCUT2D eigenvalue weighted by molar-refractivity contribution is 5.86. The van der Waals surface area contributed by atoms with Crippen molar-refractivity contribution < 1.29 is 73.3 Å². The van der Waals surface area contributed by atoms with Crippen LogP contribution in [0.3, 0.4) is 0 Å². The Morgan fingerprint density at radius 2 is 0.854 bits per heavy atom. The van der Waals surface area contributed by atoms with Crippen molar-refractivity contribution in [3.05, 3.63) is 86.6 Å². The van der Waals surface area contributed by atoms with Crippen LogP contribution in [0.2, 0.25) is 0 Å². The summed E-state index contributed by atoms with van der Waals surface area (Å²) in [6.45, 7) is 6.67. The Morgan fingerprint density at radius 3 is 1.07 bits per heavy atom. The standard InChI is InChI=1S/C26H26O15/c1-4-21(36)39-16-24(15-27,25(11-7-17(28)29,12-8-18(30)31)40-22(37)5-2)26(13-9-19(32)33,14-10-20(34)35)41-23(38)6-3/h4-14,27H,1-3,15-16H2,(H,28,29)(H,30,31)(H,32,33)(H,34,35). The van der Waals surface area contributed by atoms with Crippen molar-refractivity contribution in [2.75, 3.05) is 13.2 Å². The maximum Gasteiger partial charge on any atom is 0.331 e. The number of carbonyl (C=O) groups excluding carboxylic acids is 3. The van der Waals surface area contributed by atoms with Crippen LogP contribution in [-0.4, -0.2) is 91.7 Å². The first-order valence-corrected chi connectivity index (χ1v) is 10.9. The Balaban J connectivity index is 8.70. The molecular weight excluding hydrogens is 552 g/mol. The van der Waals surface area contributed by atoms with Gasteiger partial charge in [-0.3, -0.25) is 0 Å². The van der Waals surface area contributed by atoms with E-state index in [0.717, 1.165) is 0 Å². The van der Waals surface area contributed by atoms with Crippen LogP contribution in [-0.2, 0) is 47.8 Å². The smallest absolute Gasteiger partial charge is 0.331 e. The third kappa shape index (κ3) is 9.60. The lowest BCUT2D eigenvalue weighted by molar-refractivity contribution is -0.204. The van der Waals surface area contributed by atoms with E-state index in [9.17, 15) is 59.1 Å². The van der Waals surface area contributed by atoms with Crippen molar-refractivity contribution in [1.29, 1.82) is 0 Å². The molecule has 0 spiro atoms. The van der Waals surface area contributed by atoms with Gasteiger partial charge in [0.15, 0.2) is 11.2 Å². The lowest BCUT2D eigenvalue weighted by atomic mass is 9.60. The second-order valence-corrected chi connectivity index (χ2v) is 7.57. The topological polar surface area (TPSA) is 248 Å². The number of carboxylic acid groups (broad SMARTS) is 4. The highest BCUT2D eigenvalue weighted by atomic mass is 16.6. The summed E-state index contributed by atoms with van der Waals surface area (Å²) in [6.07, 6.45) is 4.75. The van der Waals surface area contributed by atoms with E-state index in [0.29, 0.717) is 66.8 Å². The zero-order chi connectivity index (χ0) is 31.9. The first kappa shape index (κ1) is 35.4. The van der Waals surface area contributed by atoms with E-state index < -0.39 is 71.6 Å². The molecule has 15 heteroatoms. The van der Waals surface area contributed by atoms with Crippen molar-refractivity contribution in [2.45, 2.75) is 11.2 Å². The van der Waals surface area contributed by atoms with E-state index in [2.05, 4.69) is 19.7 Å². The van der Waals surface area contributed by atoms with Crippen LogP contribution in [0.25, 0.3) is 0 Å². The number of hydrogen-bond acceptors (Lipinski definition) is 11.